The summed E-state index contributed by atoms with van der Waals surface area (Å²) in [6.45, 7) is 1.42. The Balaban J connectivity index is 2.40. The van der Waals surface area contributed by atoms with Gasteiger partial charge in [0.2, 0.25) is 0 Å². The van der Waals surface area contributed by atoms with Crippen LogP contribution in [0.4, 0.5) is 13.2 Å². The lowest BCUT2D eigenvalue weighted by Crippen LogP contribution is -2.87. The number of quaternary nitrogens is 1. The molecular weight excluding hydrogens is 267 g/mol. The highest BCUT2D eigenvalue weighted by Crippen LogP contribution is 2.38. The van der Waals surface area contributed by atoms with Crippen molar-refractivity contribution < 1.29 is 23.6 Å². The van der Waals surface area contributed by atoms with Gasteiger partial charge in [-0.2, -0.15) is 13.2 Å². The van der Waals surface area contributed by atoms with Crippen LogP contribution in [-0.4, -0.2) is 18.2 Å². The lowest BCUT2D eigenvalue weighted by Gasteiger charge is -2.31. The fourth-order valence-corrected chi connectivity index (χ4v) is 2.50. The molecule has 3 N–H and O–H groups in total. The highest BCUT2D eigenvalue weighted by atomic mass is 35.5. The molecule has 0 radical (unpaired) electrons. The second-order valence-corrected chi connectivity index (χ2v) is 5.00. The first-order valence-electron chi connectivity index (χ1n) is 5.74. The summed E-state index contributed by atoms with van der Waals surface area (Å²) in [6, 6.07) is 3.65. The van der Waals surface area contributed by atoms with Gasteiger partial charge in [0.15, 0.2) is 0 Å². The number of rotatable bonds is 1. The second kappa shape index (κ2) is 4.72. The van der Waals surface area contributed by atoms with Crippen molar-refractivity contribution in [1.29, 1.82) is 0 Å². The molecule has 1 aliphatic rings. The van der Waals surface area contributed by atoms with Crippen molar-refractivity contribution in [2.45, 2.75) is 24.6 Å². The van der Waals surface area contributed by atoms with Gasteiger partial charge in [-0.15, -0.1) is 0 Å². The lowest BCUT2D eigenvalue weighted by atomic mass is 9.84. The second-order valence-electron chi connectivity index (χ2n) is 4.59. The standard InChI is InChI=1S/C12H13ClF3NO/c13-10-2-1-8(7-9(10)12(14,15)16)11(18)3-5-17-6-4-11/h1-2,7,17-18H,3-6H2/p+1. The Labute approximate surface area is 108 Å². The molecule has 2 rings (SSSR count). The number of aliphatic hydroxyl groups is 1. The number of piperidine rings is 1. The predicted molar refractivity (Wildman–Crippen MR) is 61.2 cm³/mol. The molecule has 0 aromatic heterocycles. The maximum atomic E-state index is 12.7. The Morgan fingerprint density at radius 2 is 1.83 bits per heavy atom. The monoisotopic (exact) mass is 280 g/mol. The van der Waals surface area contributed by atoms with E-state index in [1.54, 1.807) is 0 Å². The summed E-state index contributed by atoms with van der Waals surface area (Å²) >= 11 is 5.56. The predicted octanol–water partition coefficient (Wildman–Crippen LogP) is 1.90. The van der Waals surface area contributed by atoms with Gasteiger partial charge in [-0.05, 0) is 17.7 Å². The average Bonchev–Trinajstić information content (AvgIpc) is 2.28. The Hall–Kier alpha value is -0.780. The molecule has 1 aliphatic heterocycles. The first-order chi connectivity index (χ1) is 8.33. The zero-order chi connectivity index (χ0) is 13.4. The highest BCUT2D eigenvalue weighted by Gasteiger charge is 2.38. The van der Waals surface area contributed by atoms with Crippen molar-refractivity contribution in [3.63, 3.8) is 0 Å². The molecule has 0 atom stereocenters. The van der Waals surface area contributed by atoms with Crippen LogP contribution < -0.4 is 5.32 Å². The van der Waals surface area contributed by atoms with Gasteiger partial charge in [-0.3, -0.25) is 0 Å². The van der Waals surface area contributed by atoms with Crippen LogP contribution in [0.25, 0.3) is 0 Å². The third-order valence-electron chi connectivity index (χ3n) is 3.33. The van der Waals surface area contributed by atoms with E-state index in [4.69, 9.17) is 11.6 Å². The Morgan fingerprint density at radius 1 is 1.22 bits per heavy atom. The van der Waals surface area contributed by atoms with Crippen molar-refractivity contribution in [1.82, 2.24) is 0 Å². The molecule has 18 heavy (non-hydrogen) atoms. The summed E-state index contributed by atoms with van der Waals surface area (Å²) in [4.78, 5) is 0. The van der Waals surface area contributed by atoms with Crippen molar-refractivity contribution >= 4 is 11.6 Å². The number of benzene rings is 1. The molecule has 2 nitrogen and oxygen atoms in total. The van der Waals surface area contributed by atoms with Gasteiger partial charge >= 0.3 is 6.18 Å². The molecule has 0 unspecified atom stereocenters. The lowest BCUT2D eigenvalue weighted by molar-refractivity contribution is -0.669. The molecule has 0 saturated carbocycles. The first-order valence-corrected chi connectivity index (χ1v) is 6.12. The fourth-order valence-electron chi connectivity index (χ4n) is 2.27. The third kappa shape index (κ3) is 2.63. The number of halogens is 4. The number of alkyl halides is 3. The van der Waals surface area contributed by atoms with Crippen LogP contribution in [0.1, 0.15) is 24.0 Å². The SMILES string of the molecule is OC1(c2ccc(Cl)c(C(F)(F)F)c2)CC[NH2+]CC1. The summed E-state index contributed by atoms with van der Waals surface area (Å²) < 4.78 is 38.2. The van der Waals surface area contributed by atoms with Crippen LogP contribution in [0.5, 0.6) is 0 Å². The van der Waals surface area contributed by atoms with Crippen molar-refractivity contribution in [2.24, 2.45) is 0 Å². The van der Waals surface area contributed by atoms with Gasteiger partial charge < -0.3 is 10.4 Å². The Bertz CT molecular complexity index is 441. The van der Waals surface area contributed by atoms with E-state index in [1.807, 2.05) is 5.32 Å². The quantitative estimate of drug-likeness (QED) is 0.810. The van der Waals surface area contributed by atoms with Gasteiger partial charge in [0, 0.05) is 12.8 Å². The minimum atomic E-state index is -4.50. The Kier molecular flexibility index (Phi) is 3.58. The number of hydrogen-bond donors (Lipinski definition) is 2. The van der Waals surface area contributed by atoms with Crippen LogP contribution in [0, 0.1) is 0 Å². The largest absolute Gasteiger partial charge is 0.417 e. The molecule has 0 amide bonds. The van der Waals surface area contributed by atoms with Crippen molar-refractivity contribution in [3.8, 4) is 0 Å². The van der Waals surface area contributed by atoms with E-state index in [1.165, 1.54) is 12.1 Å². The van der Waals surface area contributed by atoms with Crippen LogP contribution in [0.2, 0.25) is 5.02 Å². The minimum Gasteiger partial charge on any atom is -0.385 e. The molecular formula is C12H14ClF3NO+. The van der Waals surface area contributed by atoms with E-state index >= 15 is 0 Å². The Morgan fingerprint density at radius 3 is 2.39 bits per heavy atom. The molecule has 100 valence electrons. The van der Waals surface area contributed by atoms with E-state index in [2.05, 4.69) is 0 Å². The summed E-state index contributed by atoms with van der Waals surface area (Å²) in [5, 5.41) is 12.1. The van der Waals surface area contributed by atoms with E-state index < -0.39 is 17.3 Å². The zero-order valence-electron chi connectivity index (χ0n) is 9.60. The average molecular weight is 281 g/mol. The summed E-state index contributed by atoms with van der Waals surface area (Å²) in [6.07, 6.45) is -3.60. The molecule has 6 heteroatoms. The van der Waals surface area contributed by atoms with E-state index in [-0.39, 0.29) is 5.02 Å². The molecule has 0 aliphatic carbocycles. The van der Waals surface area contributed by atoms with Gasteiger partial charge in [0.25, 0.3) is 0 Å². The van der Waals surface area contributed by atoms with Crippen molar-refractivity contribution in [2.75, 3.05) is 13.1 Å². The third-order valence-corrected chi connectivity index (χ3v) is 3.66. The molecule has 1 heterocycles. The molecule has 0 bridgehead atoms. The fraction of sp³-hybridized carbons (Fsp3) is 0.500. The van der Waals surface area contributed by atoms with Crippen LogP contribution >= 0.6 is 11.6 Å². The summed E-state index contributed by atoms with van der Waals surface area (Å²) in [5.74, 6) is 0. The molecule has 1 aromatic rings. The smallest absolute Gasteiger partial charge is 0.385 e. The highest BCUT2D eigenvalue weighted by molar-refractivity contribution is 6.31. The van der Waals surface area contributed by atoms with E-state index in [0.717, 1.165) is 6.07 Å². The first kappa shape index (κ1) is 13.6. The normalized spacial score (nSPS) is 19.8. The van der Waals surface area contributed by atoms with Gasteiger partial charge in [-0.25, -0.2) is 0 Å². The molecule has 1 fully saturated rings. The molecule has 0 spiro atoms. The maximum Gasteiger partial charge on any atom is 0.417 e. The van der Waals surface area contributed by atoms with E-state index in [0.29, 0.717) is 31.5 Å². The minimum absolute atomic E-state index is 0.298. The number of hydrogen-bond acceptors (Lipinski definition) is 1. The zero-order valence-corrected chi connectivity index (χ0v) is 10.4. The van der Waals surface area contributed by atoms with Crippen LogP contribution in [-0.2, 0) is 11.8 Å². The van der Waals surface area contributed by atoms with Gasteiger partial charge in [-0.1, -0.05) is 17.7 Å². The maximum absolute atomic E-state index is 12.7. The van der Waals surface area contributed by atoms with Gasteiger partial charge in [0.1, 0.15) is 5.60 Å². The summed E-state index contributed by atoms with van der Waals surface area (Å²) in [5.41, 5.74) is -1.75. The summed E-state index contributed by atoms with van der Waals surface area (Å²) in [7, 11) is 0. The van der Waals surface area contributed by atoms with Gasteiger partial charge in [0.05, 0.1) is 23.7 Å². The van der Waals surface area contributed by atoms with Crippen LogP contribution in [0.15, 0.2) is 18.2 Å². The van der Waals surface area contributed by atoms with Crippen molar-refractivity contribution in [3.05, 3.63) is 34.3 Å². The molecule has 1 saturated heterocycles. The van der Waals surface area contributed by atoms with E-state index in [9.17, 15) is 18.3 Å². The van der Waals surface area contributed by atoms with Crippen LogP contribution in [0.3, 0.4) is 0 Å². The topological polar surface area (TPSA) is 36.8 Å². The molecule has 1 aromatic carbocycles. The number of nitrogens with two attached hydrogens (primary N) is 1.